The number of sulfonamides is 1. The highest BCUT2D eigenvalue weighted by atomic mass is 35.5. The largest absolute Gasteiger partial charge is 0.392 e. The van der Waals surface area contributed by atoms with Gasteiger partial charge < -0.3 is 10.0 Å². The van der Waals surface area contributed by atoms with Gasteiger partial charge in [0.05, 0.1) is 12.3 Å². The Morgan fingerprint density at radius 3 is 2.31 bits per heavy atom. The quantitative estimate of drug-likeness (QED) is 0.475. The van der Waals surface area contributed by atoms with Crippen molar-refractivity contribution in [3.63, 3.8) is 0 Å². The summed E-state index contributed by atoms with van der Waals surface area (Å²) in [6.07, 6.45) is 4.94. The molecule has 1 fully saturated rings. The first-order valence-electron chi connectivity index (χ1n) is 11.2. The zero-order valence-electron chi connectivity index (χ0n) is 20.2. The van der Waals surface area contributed by atoms with Crippen molar-refractivity contribution in [3.05, 3.63) is 54.1 Å². The minimum atomic E-state index is -3.57. The fraction of sp³-hybridized carbons (Fsp3) is 0.435. The van der Waals surface area contributed by atoms with Crippen LogP contribution < -0.4 is 4.90 Å². The molecule has 0 radical (unpaired) electrons. The topological polar surface area (TPSA) is 108 Å². The number of nitrogens with zero attached hydrogens (tertiary/aromatic N) is 7. The molecule has 35 heavy (non-hydrogen) atoms. The molecule has 0 aliphatic carbocycles. The molecule has 1 aliphatic rings. The van der Waals surface area contributed by atoms with E-state index in [0.29, 0.717) is 18.8 Å². The molecule has 0 bridgehead atoms. The second-order valence-electron chi connectivity index (χ2n) is 8.49. The number of rotatable bonds is 8. The lowest BCUT2D eigenvalue weighted by atomic mass is 10.1. The highest BCUT2D eigenvalue weighted by molar-refractivity contribution is 7.89. The molecule has 1 aliphatic heterocycles. The zero-order valence-corrected chi connectivity index (χ0v) is 21.8. The van der Waals surface area contributed by atoms with Crippen LogP contribution in [0.2, 0.25) is 0 Å². The van der Waals surface area contributed by atoms with E-state index in [1.165, 1.54) is 8.99 Å². The van der Waals surface area contributed by atoms with E-state index in [4.69, 9.17) is 0 Å². The number of benzene rings is 1. The van der Waals surface area contributed by atoms with E-state index < -0.39 is 10.0 Å². The van der Waals surface area contributed by atoms with Crippen molar-refractivity contribution < 1.29 is 13.5 Å². The van der Waals surface area contributed by atoms with Crippen LogP contribution in [0.1, 0.15) is 11.3 Å². The minimum Gasteiger partial charge on any atom is -0.392 e. The number of aliphatic hydroxyl groups is 1. The summed E-state index contributed by atoms with van der Waals surface area (Å²) in [5, 5.41) is 13.5. The fourth-order valence-corrected chi connectivity index (χ4v) is 5.48. The molecule has 0 saturated carbocycles. The van der Waals surface area contributed by atoms with Gasteiger partial charge in [0.1, 0.15) is 10.6 Å². The standard InChI is InChI=1S/C23H31N7O3S.ClH/c1-18-21(16-27(2)26-18)34(32,33)28(3)10-11-29-12-14-30(15-13-29)23-22(24-8-9-25-23)20-6-4-19(17-31)5-7-20;/h4-9,16,31H,10-15,17H2,1-3H3;1H. The van der Waals surface area contributed by atoms with E-state index in [2.05, 4.69) is 24.9 Å². The van der Waals surface area contributed by atoms with E-state index in [1.54, 1.807) is 39.6 Å². The predicted molar refractivity (Wildman–Crippen MR) is 137 cm³/mol. The molecule has 2 aromatic heterocycles. The summed E-state index contributed by atoms with van der Waals surface area (Å²) in [6.45, 7) is 5.94. The van der Waals surface area contributed by atoms with Crippen molar-refractivity contribution in [3.8, 4) is 11.3 Å². The van der Waals surface area contributed by atoms with Crippen LogP contribution in [0.3, 0.4) is 0 Å². The monoisotopic (exact) mass is 521 g/mol. The molecule has 1 saturated heterocycles. The van der Waals surface area contributed by atoms with E-state index >= 15 is 0 Å². The highest BCUT2D eigenvalue weighted by Gasteiger charge is 2.27. The number of anilines is 1. The van der Waals surface area contributed by atoms with E-state index in [0.717, 1.165) is 48.8 Å². The summed E-state index contributed by atoms with van der Waals surface area (Å²) in [5.74, 6) is 0.839. The SMILES string of the molecule is Cc1nn(C)cc1S(=O)(=O)N(C)CCN1CCN(c2nccnc2-c2ccc(CO)cc2)CC1.Cl. The first-order chi connectivity index (χ1) is 16.3. The lowest BCUT2D eigenvalue weighted by molar-refractivity contribution is 0.243. The first-order valence-corrected chi connectivity index (χ1v) is 12.7. The number of aryl methyl sites for hydroxylation is 2. The van der Waals surface area contributed by atoms with Crippen LogP contribution >= 0.6 is 12.4 Å². The highest BCUT2D eigenvalue weighted by Crippen LogP contribution is 2.27. The Bertz CT molecular complexity index is 1230. The number of hydrogen-bond donors (Lipinski definition) is 1. The predicted octanol–water partition coefficient (Wildman–Crippen LogP) is 1.54. The van der Waals surface area contributed by atoms with Gasteiger partial charge >= 0.3 is 0 Å². The number of halogens is 1. The van der Waals surface area contributed by atoms with Gasteiger partial charge in [-0.15, -0.1) is 12.4 Å². The maximum absolute atomic E-state index is 12.9. The summed E-state index contributed by atoms with van der Waals surface area (Å²) in [7, 11) is -0.228. The number of aliphatic hydroxyl groups excluding tert-OH is 1. The summed E-state index contributed by atoms with van der Waals surface area (Å²) in [4.78, 5) is 13.9. The third-order valence-electron chi connectivity index (χ3n) is 6.15. The Kier molecular flexibility index (Phi) is 8.84. The molecule has 3 aromatic rings. The summed E-state index contributed by atoms with van der Waals surface area (Å²) in [6, 6.07) is 7.69. The van der Waals surface area contributed by atoms with Gasteiger partial charge in [0.2, 0.25) is 10.0 Å². The van der Waals surface area contributed by atoms with Crippen molar-refractivity contribution in [1.29, 1.82) is 0 Å². The molecule has 1 aromatic carbocycles. The Morgan fingerprint density at radius 1 is 1.06 bits per heavy atom. The summed E-state index contributed by atoms with van der Waals surface area (Å²) >= 11 is 0. The molecular formula is C23H32ClN7O3S. The van der Waals surface area contributed by atoms with Gasteiger partial charge in [-0.1, -0.05) is 24.3 Å². The molecule has 190 valence electrons. The third kappa shape index (κ3) is 5.99. The molecule has 0 atom stereocenters. The van der Waals surface area contributed by atoms with E-state index in [9.17, 15) is 13.5 Å². The van der Waals surface area contributed by atoms with Gasteiger partial charge in [-0.05, 0) is 12.5 Å². The minimum absolute atomic E-state index is 0. The van der Waals surface area contributed by atoms with Gasteiger partial charge in [0, 0.05) is 77.5 Å². The second-order valence-corrected chi connectivity index (χ2v) is 10.5. The smallest absolute Gasteiger partial charge is 0.246 e. The van der Waals surface area contributed by atoms with Crippen LogP contribution in [0.25, 0.3) is 11.3 Å². The van der Waals surface area contributed by atoms with Gasteiger partial charge in [0.25, 0.3) is 0 Å². The molecule has 0 spiro atoms. The van der Waals surface area contributed by atoms with Gasteiger partial charge in [-0.2, -0.15) is 9.40 Å². The molecule has 10 nitrogen and oxygen atoms in total. The summed E-state index contributed by atoms with van der Waals surface area (Å²) in [5.41, 5.74) is 3.14. The number of hydrogen-bond acceptors (Lipinski definition) is 8. The van der Waals surface area contributed by atoms with Crippen LogP contribution in [-0.2, 0) is 23.7 Å². The van der Waals surface area contributed by atoms with Gasteiger partial charge in [0.15, 0.2) is 5.82 Å². The maximum atomic E-state index is 12.9. The van der Waals surface area contributed by atoms with Crippen molar-refractivity contribution in [2.24, 2.45) is 7.05 Å². The third-order valence-corrected chi connectivity index (χ3v) is 8.11. The van der Waals surface area contributed by atoms with Crippen LogP contribution in [0.4, 0.5) is 5.82 Å². The van der Waals surface area contributed by atoms with Crippen molar-refractivity contribution >= 4 is 28.2 Å². The number of likely N-dealkylation sites (N-methyl/N-ethyl adjacent to an activating group) is 1. The normalized spacial score (nSPS) is 14.8. The van der Waals surface area contributed by atoms with Crippen LogP contribution in [0, 0.1) is 6.92 Å². The van der Waals surface area contributed by atoms with Crippen molar-refractivity contribution in [2.45, 2.75) is 18.4 Å². The lowest BCUT2D eigenvalue weighted by Gasteiger charge is -2.36. The van der Waals surface area contributed by atoms with Gasteiger partial charge in [-0.3, -0.25) is 14.6 Å². The number of piperazine rings is 1. The Labute approximate surface area is 212 Å². The zero-order chi connectivity index (χ0) is 24.3. The average Bonchev–Trinajstić information content (AvgIpc) is 3.21. The van der Waals surface area contributed by atoms with Crippen molar-refractivity contribution in [2.75, 3.05) is 51.2 Å². The fourth-order valence-electron chi connectivity index (χ4n) is 4.12. The number of aromatic nitrogens is 4. The Hall–Kier alpha value is -2.57. The first kappa shape index (κ1) is 27.0. The molecule has 4 rings (SSSR count). The second kappa shape index (κ2) is 11.4. The maximum Gasteiger partial charge on any atom is 0.246 e. The van der Waals surface area contributed by atoms with E-state index in [-0.39, 0.29) is 23.9 Å². The van der Waals surface area contributed by atoms with Crippen molar-refractivity contribution in [1.82, 2.24) is 29.0 Å². The van der Waals surface area contributed by atoms with E-state index in [1.807, 2.05) is 24.3 Å². The molecule has 1 N–H and O–H groups in total. The van der Waals surface area contributed by atoms with Crippen LogP contribution in [-0.4, -0.2) is 88.8 Å². The van der Waals surface area contributed by atoms with Crippen LogP contribution in [0.15, 0.2) is 47.8 Å². The molecule has 0 unspecified atom stereocenters. The molecule has 0 amide bonds. The molecular weight excluding hydrogens is 490 g/mol. The molecule has 12 heteroatoms. The Morgan fingerprint density at radius 2 is 1.71 bits per heavy atom. The lowest BCUT2D eigenvalue weighted by Crippen LogP contribution is -2.49. The molecule has 3 heterocycles. The average molecular weight is 522 g/mol. The Balaban J connectivity index is 0.00000342. The van der Waals surface area contributed by atoms with Gasteiger partial charge in [-0.25, -0.2) is 13.4 Å². The summed E-state index contributed by atoms with van der Waals surface area (Å²) < 4.78 is 28.7. The van der Waals surface area contributed by atoms with Crippen LogP contribution in [0.5, 0.6) is 0 Å².